The van der Waals surface area contributed by atoms with Gasteiger partial charge < -0.3 is 19.9 Å². The topological polar surface area (TPSA) is 50.7 Å². The molecule has 2 heterocycles. The van der Waals surface area contributed by atoms with Crippen molar-refractivity contribution >= 4 is 11.6 Å². The SMILES string of the molecule is OC(CNC1CC2CCC1O2)COCc1ccc(Cl)cc1. The number of halogens is 1. The molecule has 4 atom stereocenters. The quantitative estimate of drug-likeness (QED) is 0.810. The molecule has 0 saturated carbocycles. The lowest BCUT2D eigenvalue weighted by molar-refractivity contribution is 0.0258. The molecule has 4 unspecified atom stereocenters. The normalized spacial score (nSPS) is 29.0. The molecule has 2 aliphatic rings. The van der Waals surface area contributed by atoms with Gasteiger partial charge in [-0.2, -0.15) is 0 Å². The molecule has 116 valence electrons. The van der Waals surface area contributed by atoms with Gasteiger partial charge in [-0.15, -0.1) is 0 Å². The molecule has 0 amide bonds. The van der Waals surface area contributed by atoms with E-state index in [0.717, 1.165) is 23.4 Å². The van der Waals surface area contributed by atoms with Gasteiger partial charge in [0.2, 0.25) is 0 Å². The Kier molecular flexibility index (Phi) is 5.14. The fourth-order valence-corrected chi connectivity index (χ4v) is 3.22. The van der Waals surface area contributed by atoms with Crippen LogP contribution in [-0.4, -0.2) is 42.6 Å². The lowest BCUT2D eigenvalue weighted by atomic mass is 9.95. The predicted molar refractivity (Wildman–Crippen MR) is 81.4 cm³/mol. The third kappa shape index (κ3) is 4.18. The van der Waals surface area contributed by atoms with Gasteiger partial charge in [0, 0.05) is 17.6 Å². The average Bonchev–Trinajstić information content (AvgIpc) is 3.10. The van der Waals surface area contributed by atoms with Gasteiger partial charge in [0.15, 0.2) is 0 Å². The number of rotatable bonds is 7. The summed E-state index contributed by atoms with van der Waals surface area (Å²) in [5.74, 6) is 0. The molecule has 21 heavy (non-hydrogen) atoms. The Bertz CT molecular complexity index is 453. The summed E-state index contributed by atoms with van der Waals surface area (Å²) in [4.78, 5) is 0. The van der Waals surface area contributed by atoms with Crippen molar-refractivity contribution in [1.82, 2.24) is 5.32 Å². The second-order valence-corrected chi connectivity index (χ2v) is 6.36. The van der Waals surface area contributed by atoms with Gasteiger partial charge in [0.1, 0.15) is 0 Å². The lowest BCUT2D eigenvalue weighted by Crippen LogP contribution is -2.42. The number of nitrogens with one attached hydrogen (secondary N) is 1. The predicted octanol–water partition coefficient (Wildman–Crippen LogP) is 2.13. The zero-order valence-corrected chi connectivity index (χ0v) is 12.8. The molecule has 2 N–H and O–H groups in total. The first kappa shape index (κ1) is 15.3. The van der Waals surface area contributed by atoms with Crippen LogP contribution in [0.1, 0.15) is 24.8 Å². The van der Waals surface area contributed by atoms with Crippen molar-refractivity contribution in [2.75, 3.05) is 13.2 Å². The molecule has 0 radical (unpaired) electrons. The fraction of sp³-hybridized carbons (Fsp3) is 0.625. The Labute approximate surface area is 130 Å². The molecule has 0 aromatic heterocycles. The molecular weight excluding hydrogens is 290 g/mol. The molecule has 2 fully saturated rings. The van der Waals surface area contributed by atoms with Gasteiger partial charge in [-0.1, -0.05) is 23.7 Å². The summed E-state index contributed by atoms with van der Waals surface area (Å²) in [5, 5.41) is 14.1. The Hall–Kier alpha value is -0.650. The first-order valence-electron chi connectivity index (χ1n) is 7.60. The van der Waals surface area contributed by atoms with E-state index < -0.39 is 6.10 Å². The monoisotopic (exact) mass is 311 g/mol. The summed E-state index contributed by atoms with van der Waals surface area (Å²) in [7, 11) is 0. The highest BCUT2D eigenvalue weighted by Crippen LogP contribution is 2.34. The van der Waals surface area contributed by atoms with Crippen molar-refractivity contribution in [2.24, 2.45) is 0 Å². The number of hydrogen-bond acceptors (Lipinski definition) is 4. The Morgan fingerprint density at radius 2 is 2.14 bits per heavy atom. The minimum absolute atomic E-state index is 0.331. The van der Waals surface area contributed by atoms with E-state index in [1.807, 2.05) is 24.3 Å². The Morgan fingerprint density at radius 1 is 1.33 bits per heavy atom. The van der Waals surface area contributed by atoms with Gasteiger partial charge in [-0.05, 0) is 37.0 Å². The van der Waals surface area contributed by atoms with E-state index in [2.05, 4.69) is 5.32 Å². The second kappa shape index (κ2) is 7.07. The number of ether oxygens (including phenoxy) is 2. The van der Waals surface area contributed by atoms with Crippen LogP contribution in [0.3, 0.4) is 0 Å². The van der Waals surface area contributed by atoms with Crippen LogP contribution in [-0.2, 0) is 16.1 Å². The maximum Gasteiger partial charge on any atom is 0.0897 e. The maximum atomic E-state index is 9.95. The van der Waals surface area contributed by atoms with Crippen LogP contribution >= 0.6 is 11.6 Å². The molecule has 2 aliphatic heterocycles. The molecule has 4 nitrogen and oxygen atoms in total. The second-order valence-electron chi connectivity index (χ2n) is 5.92. The van der Waals surface area contributed by atoms with Gasteiger partial charge in [-0.3, -0.25) is 0 Å². The van der Waals surface area contributed by atoms with Crippen LogP contribution in [0.2, 0.25) is 5.02 Å². The molecular formula is C16H22ClNO3. The van der Waals surface area contributed by atoms with Crippen molar-refractivity contribution < 1.29 is 14.6 Å². The van der Waals surface area contributed by atoms with Gasteiger partial charge in [-0.25, -0.2) is 0 Å². The molecule has 0 aliphatic carbocycles. The third-order valence-corrected chi connectivity index (χ3v) is 4.47. The molecule has 1 aromatic rings. The van der Waals surface area contributed by atoms with Gasteiger partial charge in [0.25, 0.3) is 0 Å². The van der Waals surface area contributed by atoms with Crippen molar-refractivity contribution in [3.8, 4) is 0 Å². The fourth-order valence-electron chi connectivity index (χ4n) is 3.09. The number of benzene rings is 1. The minimum atomic E-state index is -0.489. The van der Waals surface area contributed by atoms with Gasteiger partial charge >= 0.3 is 0 Å². The maximum absolute atomic E-state index is 9.95. The highest BCUT2D eigenvalue weighted by Gasteiger charge is 2.40. The minimum Gasteiger partial charge on any atom is -0.389 e. The average molecular weight is 312 g/mol. The molecule has 1 aromatic carbocycles. The molecule has 5 heteroatoms. The Morgan fingerprint density at radius 3 is 2.81 bits per heavy atom. The number of fused-ring (bicyclic) bond motifs is 2. The Balaban J connectivity index is 1.31. The highest BCUT2D eigenvalue weighted by molar-refractivity contribution is 6.30. The van der Waals surface area contributed by atoms with Gasteiger partial charge in [0.05, 0.1) is 31.5 Å². The summed E-state index contributed by atoms with van der Waals surface area (Å²) in [6.07, 6.45) is 3.70. The first-order chi connectivity index (χ1) is 10.2. The number of aliphatic hydroxyl groups excluding tert-OH is 1. The van der Waals surface area contributed by atoms with Crippen molar-refractivity contribution in [3.63, 3.8) is 0 Å². The first-order valence-corrected chi connectivity index (χ1v) is 7.97. The van der Waals surface area contributed by atoms with E-state index in [9.17, 15) is 5.11 Å². The van der Waals surface area contributed by atoms with Crippen LogP contribution in [0.4, 0.5) is 0 Å². The van der Waals surface area contributed by atoms with Crippen LogP contribution in [0.15, 0.2) is 24.3 Å². The van der Waals surface area contributed by atoms with E-state index in [0.29, 0.717) is 38.0 Å². The van der Waals surface area contributed by atoms with Crippen LogP contribution in [0.25, 0.3) is 0 Å². The molecule has 0 spiro atoms. The van der Waals surface area contributed by atoms with E-state index in [-0.39, 0.29) is 0 Å². The molecule has 2 bridgehead atoms. The summed E-state index contributed by atoms with van der Waals surface area (Å²) >= 11 is 5.83. The largest absolute Gasteiger partial charge is 0.389 e. The molecule has 2 saturated heterocycles. The summed E-state index contributed by atoms with van der Waals surface area (Å²) in [6, 6.07) is 7.94. The van der Waals surface area contributed by atoms with Crippen molar-refractivity contribution in [1.29, 1.82) is 0 Å². The van der Waals surface area contributed by atoms with Crippen LogP contribution < -0.4 is 5.32 Å². The third-order valence-electron chi connectivity index (χ3n) is 4.21. The zero-order valence-electron chi connectivity index (χ0n) is 12.0. The van der Waals surface area contributed by atoms with E-state index in [4.69, 9.17) is 21.1 Å². The van der Waals surface area contributed by atoms with Crippen LogP contribution in [0.5, 0.6) is 0 Å². The number of hydrogen-bond donors (Lipinski definition) is 2. The van der Waals surface area contributed by atoms with Crippen molar-refractivity contribution in [2.45, 2.75) is 50.2 Å². The summed E-state index contributed by atoms with van der Waals surface area (Å²) in [5.41, 5.74) is 1.06. The smallest absolute Gasteiger partial charge is 0.0897 e. The molecule has 3 rings (SSSR count). The summed E-state index contributed by atoms with van der Waals surface area (Å²) in [6.45, 7) is 1.38. The summed E-state index contributed by atoms with van der Waals surface area (Å²) < 4.78 is 11.3. The van der Waals surface area contributed by atoms with E-state index in [1.165, 1.54) is 6.42 Å². The van der Waals surface area contributed by atoms with Crippen molar-refractivity contribution in [3.05, 3.63) is 34.9 Å². The lowest BCUT2D eigenvalue weighted by Gasteiger charge is -2.22. The van der Waals surface area contributed by atoms with Crippen LogP contribution in [0, 0.1) is 0 Å². The van der Waals surface area contributed by atoms with E-state index >= 15 is 0 Å². The van der Waals surface area contributed by atoms with E-state index in [1.54, 1.807) is 0 Å². The highest BCUT2D eigenvalue weighted by atomic mass is 35.5. The zero-order chi connectivity index (χ0) is 14.7. The standard InChI is InChI=1S/C16H22ClNO3/c17-12-3-1-11(2-4-12)9-20-10-13(19)8-18-15-7-14-5-6-16(15)21-14/h1-4,13-16,18-19H,5-10H2. The number of aliphatic hydroxyl groups is 1.